The molecule has 0 unspecified atom stereocenters. The zero-order valence-corrected chi connectivity index (χ0v) is 12.3. The highest BCUT2D eigenvalue weighted by Gasteiger charge is 1.99. The highest BCUT2D eigenvalue weighted by molar-refractivity contribution is 5.94. The first-order valence-corrected chi connectivity index (χ1v) is 6.83. The van der Waals surface area contributed by atoms with Gasteiger partial charge in [0.05, 0.1) is 0 Å². The van der Waals surface area contributed by atoms with Crippen molar-refractivity contribution >= 4 is 5.84 Å². The molecule has 0 aliphatic rings. The highest BCUT2D eigenvalue weighted by atomic mass is 16.5. The number of ether oxygens (including phenoxy) is 2. The Hall–Kier alpha value is -2.49. The van der Waals surface area contributed by atoms with E-state index in [0.717, 1.165) is 11.5 Å². The Morgan fingerprint density at radius 3 is 2.05 bits per heavy atom. The van der Waals surface area contributed by atoms with Crippen LogP contribution < -0.4 is 15.2 Å². The maximum Gasteiger partial charge on any atom is 0.122 e. The fourth-order valence-electron chi connectivity index (χ4n) is 1.85. The molecule has 4 nitrogen and oxygen atoms in total. The largest absolute Gasteiger partial charge is 0.490 e. The second kappa shape index (κ2) is 6.79. The molecule has 4 heteroatoms. The number of nitrogens with one attached hydrogen (secondary N) is 1. The minimum atomic E-state index is 0.0552. The van der Waals surface area contributed by atoms with Crippen LogP contribution in [-0.4, -0.2) is 19.0 Å². The average Bonchev–Trinajstić information content (AvgIpc) is 2.47. The maximum absolute atomic E-state index is 7.32. The summed E-state index contributed by atoms with van der Waals surface area (Å²) in [6, 6.07) is 13.2. The molecule has 2 aromatic rings. The molecular formula is C17H20N2O2. The number of aryl methyl sites for hydroxylation is 2. The van der Waals surface area contributed by atoms with Crippen molar-refractivity contribution in [2.45, 2.75) is 13.8 Å². The third-order valence-corrected chi connectivity index (χ3v) is 3.26. The van der Waals surface area contributed by atoms with Gasteiger partial charge in [0.15, 0.2) is 0 Å². The predicted octanol–water partition coefficient (Wildman–Crippen LogP) is 3.05. The molecule has 110 valence electrons. The Balaban J connectivity index is 1.79. The van der Waals surface area contributed by atoms with E-state index >= 15 is 0 Å². The summed E-state index contributed by atoms with van der Waals surface area (Å²) < 4.78 is 11.2. The van der Waals surface area contributed by atoms with Crippen LogP contribution in [0.4, 0.5) is 0 Å². The van der Waals surface area contributed by atoms with Gasteiger partial charge in [-0.15, -0.1) is 0 Å². The molecule has 0 saturated heterocycles. The summed E-state index contributed by atoms with van der Waals surface area (Å²) in [6.45, 7) is 5.09. The lowest BCUT2D eigenvalue weighted by Crippen LogP contribution is -2.11. The van der Waals surface area contributed by atoms with Crippen molar-refractivity contribution in [3.8, 4) is 11.5 Å². The zero-order valence-electron chi connectivity index (χ0n) is 12.3. The van der Waals surface area contributed by atoms with Crippen molar-refractivity contribution in [1.82, 2.24) is 0 Å². The van der Waals surface area contributed by atoms with Crippen LogP contribution in [0.3, 0.4) is 0 Å². The van der Waals surface area contributed by atoms with Crippen LogP contribution >= 0.6 is 0 Å². The molecule has 21 heavy (non-hydrogen) atoms. The van der Waals surface area contributed by atoms with Gasteiger partial charge in [0.25, 0.3) is 0 Å². The van der Waals surface area contributed by atoms with Gasteiger partial charge in [-0.1, -0.05) is 6.07 Å². The van der Waals surface area contributed by atoms with E-state index in [2.05, 4.69) is 13.8 Å². The van der Waals surface area contributed by atoms with E-state index in [-0.39, 0.29) is 5.84 Å². The molecule has 0 saturated carbocycles. The third kappa shape index (κ3) is 4.24. The normalized spacial score (nSPS) is 10.2. The SMILES string of the molecule is Cc1ccc(OCCOc2ccc(C(=N)N)cc2)cc1C. The van der Waals surface area contributed by atoms with Crippen LogP contribution in [0.5, 0.6) is 11.5 Å². The van der Waals surface area contributed by atoms with E-state index in [4.69, 9.17) is 20.6 Å². The van der Waals surface area contributed by atoms with Gasteiger partial charge in [-0.25, -0.2) is 0 Å². The van der Waals surface area contributed by atoms with Gasteiger partial charge in [-0.3, -0.25) is 5.41 Å². The molecule has 0 aliphatic carbocycles. The lowest BCUT2D eigenvalue weighted by atomic mass is 10.1. The van der Waals surface area contributed by atoms with Gasteiger partial charge in [0.2, 0.25) is 0 Å². The van der Waals surface area contributed by atoms with E-state index < -0.39 is 0 Å². The Bertz CT molecular complexity index is 621. The number of hydrogen-bond donors (Lipinski definition) is 2. The topological polar surface area (TPSA) is 68.3 Å². The molecule has 0 bridgehead atoms. The molecule has 0 heterocycles. The Morgan fingerprint density at radius 1 is 0.905 bits per heavy atom. The monoisotopic (exact) mass is 284 g/mol. The minimum Gasteiger partial charge on any atom is -0.490 e. The molecule has 0 fully saturated rings. The van der Waals surface area contributed by atoms with E-state index in [1.165, 1.54) is 11.1 Å². The molecule has 2 rings (SSSR count). The van der Waals surface area contributed by atoms with Crippen molar-refractivity contribution in [1.29, 1.82) is 5.41 Å². The quantitative estimate of drug-likeness (QED) is 0.486. The van der Waals surface area contributed by atoms with Crippen LogP contribution in [0.1, 0.15) is 16.7 Å². The molecular weight excluding hydrogens is 264 g/mol. The molecule has 0 spiro atoms. The van der Waals surface area contributed by atoms with Crippen molar-refractivity contribution in [3.05, 3.63) is 59.2 Å². The highest BCUT2D eigenvalue weighted by Crippen LogP contribution is 2.16. The Morgan fingerprint density at radius 2 is 1.48 bits per heavy atom. The molecule has 0 aromatic heterocycles. The van der Waals surface area contributed by atoms with Gasteiger partial charge in [0.1, 0.15) is 30.5 Å². The number of rotatable bonds is 6. The van der Waals surface area contributed by atoms with E-state index in [0.29, 0.717) is 18.8 Å². The number of nitrogen functional groups attached to an aromatic ring is 1. The second-order valence-corrected chi connectivity index (χ2v) is 4.88. The summed E-state index contributed by atoms with van der Waals surface area (Å²) >= 11 is 0. The summed E-state index contributed by atoms with van der Waals surface area (Å²) in [4.78, 5) is 0. The number of amidine groups is 1. The lowest BCUT2D eigenvalue weighted by Gasteiger charge is -2.10. The van der Waals surface area contributed by atoms with Crippen LogP contribution in [0.25, 0.3) is 0 Å². The van der Waals surface area contributed by atoms with Crippen LogP contribution in [0.15, 0.2) is 42.5 Å². The number of benzene rings is 2. The van der Waals surface area contributed by atoms with E-state index in [1.54, 1.807) is 24.3 Å². The maximum atomic E-state index is 7.32. The van der Waals surface area contributed by atoms with Gasteiger partial charge in [0, 0.05) is 5.56 Å². The van der Waals surface area contributed by atoms with Crippen LogP contribution in [-0.2, 0) is 0 Å². The lowest BCUT2D eigenvalue weighted by molar-refractivity contribution is 0.217. The second-order valence-electron chi connectivity index (χ2n) is 4.88. The average molecular weight is 284 g/mol. The van der Waals surface area contributed by atoms with Crippen molar-refractivity contribution < 1.29 is 9.47 Å². The summed E-state index contributed by atoms with van der Waals surface area (Å²) in [5.41, 5.74) is 8.55. The van der Waals surface area contributed by atoms with Gasteiger partial charge in [-0.2, -0.15) is 0 Å². The molecule has 3 N–H and O–H groups in total. The zero-order chi connectivity index (χ0) is 15.2. The van der Waals surface area contributed by atoms with Crippen LogP contribution in [0.2, 0.25) is 0 Å². The molecule has 0 atom stereocenters. The first-order valence-electron chi connectivity index (χ1n) is 6.83. The first kappa shape index (κ1) is 14.9. The summed E-state index contributed by atoms with van der Waals surface area (Å²) in [6.07, 6.45) is 0. The number of nitrogens with two attached hydrogens (primary N) is 1. The fraction of sp³-hybridized carbons (Fsp3) is 0.235. The third-order valence-electron chi connectivity index (χ3n) is 3.26. The summed E-state index contributed by atoms with van der Waals surface area (Å²) in [5.74, 6) is 1.65. The van der Waals surface area contributed by atoms with Crippen LogP contribution in [0, 0.1) is 19.3 Å². The predicted molar refractivity (Wildman–Crippen MR) is 84.4 cm³/mol. The van der Waals surface area contributed by atoms with Crippen molar-refractivity contribution in [2.75, 3.05) is 13.2 Å². The minimum absolute atomic E-state index is 0.0552. The van der Waals surface area contributed by atoms with Gasteiger partial charge in [-0.05, 0) is 61.4 Å². The summed E-state index contributed by atoms with van der Waals surface area (Å²) in [5, 5.41) is 7.32. The molecule has 0 amide bonds. The Labute approximate surface area is 125 Å². The summed E-state index contributed by atoms with van der Waals surface area (Å²) in [7, 11) is 0. The van der Waals surface area contributed by atoms with E-state index in [9.17, 15) is 0 Å². The number of hydrogen-bond acceptors (Lipinski definition) is 3. The molecule has 0 aliphatic heterocycles. The molecule has 2 aromatic carbocycles. The molecule has 0 radical (unpaired) electrons. The standard InChI is InChI=1S/C17H20N2O2/c1-12-3-6-16(11-13(12)2)21-10-9-20-15-7-4-14(5-8-15)17(18)19/h3-8,11H,9-10H2,1-2H3,(H3,18,19). The van der Waals surface area contributed by atoms with Gasteiger partial charge >= 0.3 is 0 Å². The van der Waals surface area contributed by atoms with E-state index in [1.807, 2.05) is 18.2 Å². The van der Waals surface area contributed by atoms with Crippen molar-refractivity contribution in [3.63, 3.8) is 0 Å². The first-order chi connectivity index (χ1) is 10.1. The fourth-order valence-corrected chi connectivity index (χ4v) is 1.85. The smallest absolute Gasteiger partial charge is 0.122 e. The van der Waals surface area contributed by atoms with Gasteiger partial charge < -0.3 is 15.2 Å². The van der Waals surface area contributed by atoms with Crippen molar-refractivity contribution in [2.24, 2.45) is 5.73 Å². The Kier molecular flexibility index (Phi) is 4.82.